The van der Waals surface area contributed by atoms with Gasteiger partial charge >= 0.3 is 11.9 Å². The summed E-state index contributed by atoms with van der Waals surface area (Å²) >= 11 is 0. The van der Waals surface area contributed by atoms with E-state index >= 15 is 0 Å². The van der Waals surface area contributed by atoms with Crippen LogP contribution in [0.25, 0.3) is 11.1 Å². The van der Waals surface area contributed by atoms with E-state index in [-0.39, 0.29) is 24.1 Å². The quantitative estimate of drug-likeness (QED) is 0.204. The number of hydrogen-bond donors (Lipinski definition) is 0. The minimum Gasteiger partial charge on any atom is -0.493 e. The van der Waals surface area contributed by atoms with Gasteiger partial charge < -0.3 is 28.6 Å². The minimum absolute atomic E-state index is 0.0524. The van der Waals surface area contributed by atoms with Crippen molar-refractivity contribution in [1.82, 2.24) is 4.90 Å². The van der Waals surface area contributed by atoms with Crippen LogP contribution >= 0.6 is 0 Å². The molecule has 0 spiro atoms. The summed E-state index contributed by atoms with van der Waals surface area (Å²) in [6, 6.07) is 20.6. The topological polar surface area (TPSA) is 83.5 Å². The SMILES string of the molecule is COc1cc(C#CC(=O)OC2CCC(N(C)C3CCC(OC(=O)C4c5ccccc5-c5ccccc54)CC3)CC2)cc(OC)c1OC. The highest BCUT2D eigenvalue weighted by Gasteiger charge is 2.37. The Morgan fingerprint density at radius 2 is 1.17 bits per heavy atom. The molecule has 0 radical (unpaired) electrons. The van der Waals surface area contributed by atoms with Gasteiger partial charge in [0, 0.05) is 23.6 Å². The molecule has 0 heterocycles. The van der Waals surface area contributed by atoms with E-state index in [1.54, 1.807) is 12.1 Å². The highest BCUT2D eigenvalue weighted by molar-refractivity contribution is 5.93. The summed E-state index contributed by atoms with van der Waals surface area (Å²) in [4.78, 5) is 28.6. The summed E-state index contributed by atoms with van der Waals surface area (Å²) in [6.45, 7) is 0. The molecular formula is C39H43NO7. The molecule has 0 saturated heterocycles. The van der Waals surface area contributed by atoms with Gasteiger partial charge in [-0.05, 0) is 92.8 Å². The summed E-state index contributed by atoms with van der Waals surface area (Å²) in [5.41, 5.74) is 4.91. The molecule has 8 nitrogen and oxygen atoms in total. The van der Waals surface area contributed by atoms with Crippen LogP contribution in [0.4, 0.5) is 0 Å². The number of methoxy groups -OCH3 is 3. The highest BCUT2D eigenvalue weighted by Crippen LogP contribution is 2.45. The third-order valence-electron chi connectivity index (χ3n) is 10.0. The van der Waals surface area contributed by atoms with E-state index in [0.717, 1.165) is 73.6 Å². The second kappa shape index (κ2) is 14.5. The first-order valence-electron chi connectivity index (χ1n) is 16.5. The van der Waals surface area contributed by atoms with Crippen LogP contribution < -0.4 is 14.2 Å². The molecule has 246 valence electrons. The van der Waals surface area contributed by atoms with Crippen molar-refractivity contribution in [3.8, 4) is 40.2 Å². The molecule has 3 aliphatic carbocycles. The first-order chi connectivity index (χ1) is 22.9. The number of fused-ring (bicyclic) bond motifs is 3. The van der Waals surface area contributed by atoms with Crippen molar-refractivity contribution >= 4 is 11.9 Å². The zero-order chi connectivity index (χ0) is 32.9. The van der Waals surface area contributed by atoms with Crippen molar-refractivity contribution in [3.63, 3.8) is 0 Å². The Labute approximate surface area is 277 Å². The van der Waals surface area contributed by atoms with Crippen LogP contribution in [-0.2, 0) is 19.1 Å². The lowest BCUT2D eigenvalue weighted by Gasteiger charge is -2.41. The second-order valence-corrected chi connectivity index (χ2v) is 12.6. The van der Waals surface area contributed by atoms with Gasteiger partial charge in [0.25, 0.3) is 0 Å². The third-order valence-corrected chi connectivity index (χ3v) is 10.0. The normalized spacial score (nSPS) is 21.9. The fourth-order valence-corrected chi connectivity index (χ4v) is 7.54. The van der Waals surface area contributed by atoms with Crippen molar-refractivity contribution in [2.75, 3.05) is 28.4 Å². The maximum Gasteiger partial charge on any atom is 0.384 e. The van der Waals surface area contributed by atoms with E-state index in [0.29, 0.717) is 34.9 Å². The second-order valence-electron chi connectivity index (χ2n) is 12.6. The Morgan fingerprint density at radius 3 is 1.66 bits per heavy atom. The van der Waals surface area contributed by atoms with E-state index in [4.69, 9.17) is 23.7 Å². The molecule has 0 amide bonds. The maximum absolute atomic E-state index is 13.5. The monoisotopic (exact) mass is 637 g/mol. The van der Waals surface area contributed by atoms with Crippen molar-refractivity contribution in [2.24, 2.45) is 0 Å². The Balaban J connectivity index is 0.960. The van der Waals surface area contributed by atoms with E-state index in [1.807, 2.05) is 36.4 Å². The zero-order valence-corrected chi connectivity index (χ0v) is 27.6. The predicted molar refractivity (Wildman–Crippen MR) is 179 cm³/mol. The zero-order valence-electron chi connectivity index (χ0n) is 27.6. The summed E-state index contributed by atoms with van der Waals surface area (Å²) in [7, 11) is 6.82. The summed E-state index contributed by atoms with van der Waals surface area (Å²) in [5, 5.41) is 0. The van der Waals surface area contributed by atoms with Crippen LogP contribution in [0.5, 0.6) is 17.2 Å². The van der Waals surface area contributed by atoms with Crippen LogP contribution in [0.1, 0.15) is 74.0 Å². The number of carbonyl (C=O) groups excluding carboxylic acids is 2. The van der Waals surface area contributed by atoms with Crippen LogP contribution in [0.2, 0.25) is 0 Å². The molecule has 8 heteroatoms. The molecule has 0 aliphatic heterocycles. The van der Waals surface area contributed by atoms with Gasteiger partial charge in [-0.3, -0.25) is 4.79 Å². The average Bonchev–Trinajstić information content (AvgIpc) is 3.45. The minimum atomic E-state index is -0.534. The molecule has 0 bridgehead atoms. The molecule has 6 rings (SSSR count). The van der Waals surface area contributed by atoms with Crippen LogP contribution in [0.3, 0.4) is 0 Å². The van der Waals surface area contributed by atoms with Crippen LogP contribution in [0, 0.1) is 11.8 Å². The lowest BCUT2D eigenvalue weighted by molar-refractivity contribution is -0.151. The van der Waals surface area contributed by atoms with Gasteiger partial charge in [0.05, 0.1) is 21.3 Å². The van der Waals surface area contributed by atoms with Crippen molar-refractivity contribution in [3.05, 3.63) is 77.4 Å². The molecule has 0 unspecified atom stereocenters. The number of carbonyl (C=O) groups is 2. The van der Waals surface area contributed by atoms with Crippen molar-refractivity contribution in [1.29, 1.82) is 0 Å². The average molecular weight is 638 g/mol. The molecule has 0 N–H and O–H groups in total. The Bertz CT molecular complexity index is 1590. The standard InChI is InChI=1S/C39H43NO7/c1-40(26-14-18-28(19-15-26)46-36(41)22-13-25-23-34(43-2)38(45-4)35(24-25)44-3)27-16-20-29(21-17-27)47-39(42)37-32-11-7-5-9-30(32)31-10-6-8-12-33(31)37/h5-12,23-24,26-29,37H,14-21H2,1-4H3. The molecule has 3 aromatic rings. The largest absolute Gasteiger partial charge is 0.493 e. The van der Waals surface area contributed by atoms with Gasteiger partial charge in [0.1, 0.15) is 18.1 Å². The molecule has 0 atom stereocenters. The number of nitrogens with zero attached hydrogens (tertiary/aromatic N) is 1. The smallest absolute Gasteiger partial charge is 0.384 e. The van der Waals surface area contributed by atoms with E-state index in [1.165, 1.54) is 21.3 Å². The van der Waals surface area contributed by atoms with Crippen LogP contribution in [-0.4, -0.2) is 69.5 Å². The Morgan fingerprint density at radius 1 is 0.681 bits per heavy atom. The number of benzene rings is 3. The van der Waals surface area contributed by atoms with E-state index in [2.05, 4.69) is 35.9 Å². The molecular weight excluding hydrogens is 594 g/mol. The summed E-state index contributed by atoms with van der Waals surface area (Å²) < 4.78 is 28.0. The van der Waals surface area contributed by atoms with Crippen LogP contribution in [0.15, 0.2) is 60.7 Å². The van der Waals surface area contributed by atoms with Gasteiger partial charge in [0.2, 0.25) is 5.75 Å². The van der Waals surface area contributed by atoms with Gasteiger partial charge in [-0.15, -0.1) is 0 Å². The first kappa shape index (κ1) is 32.5. The first-order valence-corrected chi connectivity index (χ1v) is 16.5. The number of rotatable bonds is 8. The molecule has 3 aliphatic rings. The van der Waals surface area contributed by atoms with Gasteiger partial charge in [-0.25, -0.2) is 4.79 Å². The number of hydrogen-bond acceptors (Lipinski definition) is 8. The highest BCUT2D eigenvalue weighted by atomic mass is 16.5. The Kier molecular flexibility index (Phi) is 10.0. The number of esters is 2. The lowest BCUT2D eigenvalue weighted by Crippen LogP contribution is -2.45. The molecule has 0 aromatic heterocycles. The van der Waals surface area contributed by atoms with E-state index < -0.39 is 5.97 Å². The molecule has 47 heavy (non-hydrogen) atoms. The third kappa shape index (κ3) is 6.96. The Hall–Kier alpha value is -4.48. The van der Waals surface area contributed by atoms with Gasteiger partial charge in [-0.2, -0.15) is 0 Å². The lowest BCUT2D eigenvalue weighted by atomic mass is 9.87. The molecule has 2 fully saturated rings. The molecule has 2 saturated carbocycles. The number of ether oxygens (including phenoxy) is 5. The summed E-state index contributed by atoms with van der Waals surface area (Å²) in [5.74, 6) is 5.87. The van der Waals surface area contributed by atoms with E-state index in [9.17, 15) is 9.59 Å². The maximum atomic E-state index is 13.5. The molecule has 3 aromatic carbocycles. The van der Waals surface area contributed by atoms with Gasteiger partial charge in [0.15, 0.2) is 11.5 Å². The fourth-order valence-electron chi connectivity index (χ4n) is 7.54. The van der Waals surface area contributed by atoms with Crippen molar-refractivity contribution < 1.29 is 33.3 Å². The fraction of sp³-hybridized carbons (Fsp3) is 0.436. The van der Waals surface area contributed by atoms with Gasteiger partial charge in [-0.1, -0.05) is 54.5 Å². The summed E-state index contributed by atoms with van der Waals surface area (Å²) in [6.07, 6.45) is 7.09. The van der Waals surface area contributed by atoms with Crippen molar-refractivity contribution in [2.45, 2.75) is 81.6 Å². The predicted octanol–water partition coefficient (Wildman–Crippen LogP) is 6.52.